The Labute approximate surface area is 142 Å². The Kier molecular flexibility index (Phi) is 6.75. The maximum Gasteiger partial charge on any atom is 0.251 e. The van der Waals surface area contributed by atoms with Crippen molar-refractivity contribution in [1.82, 2.24) is 10.3 Å². The Bertz CT molecular complexity index is 642. The molecule has 2 aromatic rings. The van der Waals surface area contributed by atoms with Crippen molar-refractivity contribution in [2.24, 2.45) is 5.92 Å². The average Bonchev–Trinajstić information content (AvgIpc) is 2.62. The number of nitrogens with one attached hydrogen (secondary N) is 1. The number of carbonyl (C=O) groups is 1. The maximum atomic E-state index is 12.3. The number of benzene rings is 1. The lowest BCUT2D eigenvalue weighted by molar-refractivity contribution is 0.0816. The summed E-state index contributed by atoms with van der Waals surface area (Å²) in [5, 5.41) is 12.9. The van der Waals surface area contributed by atoms with Crippen LogP contribution in [0.3, 0.4) is 0 Å². The van der Waals surface area contributed by atoms with Crippen molar-refractivity contribution in [3.05, 3.63) is 54.4 Å². The molecule has 0 saturated heterocycles. The van der Waals surface area contributed by atoms with Crippen molar-refractivity contribution in [2.45, 2.75) is 32.8 Å². The van der Waals surface area contributed by atoms with Crippen LogP contribution in [-0.2, 0) is 0 Å². The normalized spacial score (nSPS) is 12.0. The third-order valence-corrected chi connectivity index (χ3v) is 4.05. The van der Waals surface area contributed by atoms with Crippen molar-refractivity contribution in [1.29, 1.82) is 0 Å². The second kappa shape index (κ2) is 9.03. The van der Waals surface area contributed by atoms with Gasteiger partial charge in [-0.1, -0.05) is 32.8 Å². The number of ether oxygens (including phenoxy) is 1. The predicted molar refractivity (Wildman–Crippen MR) is 93.2 cm³/mol. The molecule has 0 fully saturated rings. The molecule has 0 bridgehead atoms. The Morgan fingerprint density at radius 2 is 1.88 bits per heavy atom. The zero-order valence-electron chi connectivity index (χ0n) is 14.1. The summed E-state index contributed by atoms with van der Waals surface area (Å²) in [6.07, 6.45) is 4.54. The Hall–Kier alpha value is -2.40. The SMILES string of the molecule is CCC(CC)C(O)CNC(=O)c1cccc(Oc2ccncc2)c1. The van der Waals surface area contributed by atoms with Crippen LogP contribution in [0.4, 0.5) is 0 Å². The molecule has 0 radical (unpaired) electrons. The molecule has 5 nitrogen and oxygen atoms in total. The number of rotatable bonds is 8. The highest BCUT2D eigenvalue weighted by atomic mass is 16.5. The van der Waals surface area contributed by atoms with Crippen LogP contribution in [0, 0.1) is 5.92 Å². The lowest BCUT2D eigenvalue weighted by Crippen LogP contribution is -2.36. The number of pyridine rings is 1. The minimum Gasteiger partial charge on any atom is -0.457 e. The summed E-state index contributed by atoms with van der Waals surface area (Å²) < 4.78 is 5.70. The zero-order valence-corrected chi connectivity index (χ0v) is 14.1. The minimum absolute atomic E-state index is 0.201. The molecule has 2 N–H and O–H groups in total. The molecule has 2 rings (SSSR count). The molecule has 1 unspecified atom stereocenters. The van der Waals surface area contributed by atoms with Crippen molar-refractivity contribution in [3.63, 3.8) is 0 Å². The molecule has 0 aliphatic heterocycles. The molecule has 1 aromatic heterocycles. The summed E-state index contributed by atoms with van der Waals surface area (Å²) in [7, 11) is 0. The van der Waals surface area contributed by atoms with E-state index < -0.39 is 6.10 Å². The van der Waals surface area contributed by atoms with Gasteiger partial charge in [-0.05, 0) is 36.2 Å². The Morgan fingerprint density at radius 1 is 1.17 bits per heavy atom. The molecular formula is C19H24N2O3. The lowest BCUT2D eigenvalue weighted by atomic mass is 9.96. The average molecular weight is 328 g/mol. The van der Waals surface area contributed by atoms with E-state index in [2.05, 4.69) is 10.3 Å². The van der Waals surface area contributed by atoms with Gasteiger partial charge in [-0.25, -0.2) is 0 Å². The van der Waals surface area contributed by atoms with E-state index in [4.69, 9.17) is 4.74 Å². The standard InChI is InChI=1S/C19H24N2O3/c1-3-14(4-2)18(22)13-21-19(23)15-6-5-7-17(12-15)24-16-8-10-20-11-9-16/h5-12,14,18,22H,3-4,13H2,1-2H3,(H,21,23). The van der Waals surface area contributed by atoms with Crippen molar-refractivity contribution < 1.29 is 14.6 Å². The van der Waals surface area contributed by atoms with Gasteiger partial charge in [-0.2, -0.15) is 0 Å². The first-order valence-corrected chi connectivity index (χ1v) is 8.28. The van der Waals surface area contributed by atoms with Crippen molar-refractivity contribution in [2.75, 3.05) is 6.54 Å². The van der Waals surface area contributed by atoms with Crippen molar-refractivity contribution >= 4 is 5.91 Å². The molecule has 1 heterocycles. The van der Waals surface area contributed by atoms with Gasteiger partial charge in [0.1, 0.15) is 11.5 Å². The van der Waals surface area contributed by atoms with Crippen LogP contribution in [0.25, 0.3) is 0 Å². The van der Waals surface area contributed by atoms with Crippen LogP contribution in [0.15, 0.2) is 48.8 Å². The quantitative estimate of drug-likeness (QED) is 0.779. The summed E-state index contributed by atoms with van der Waals surface area (Å²) in [6.45, 7) is 4.33. The maximum absolute atomic E-state index is 12.3. The third-order valence-electron chi connectivity index (χ3n) is 4.05. The highest BCUT2D eigenvalue weighted by Crippen LogP contribution is 2.21. The highest BCUT2D eigenvalue weighted by Gasteiger charge is 2.16. The number of carbonyl (C=O) groups excluding carboxylic acids is 1. The Balaban J connectivity index is 1.96. The van der Waals surface area contributed by atoms with E-state index in [0.717, 1.165) is 12.8 Å². The van der Waals surface area contributed by atoms with Gasteiger partial charge in [0.15, 0.2) is 0 Å². The predicted octanol–water partition coefficient (Wildman–Crippen LogP) is 3.40. The number of nitrogens with zero attached hydrogens (tertiary/aromatic N) is 1. The molecule has 1 aromatic carbocycles. The van der Waals surface area contributed by atoms with Gasteiger partial charge in [0.25, 0.3) is 5.91 Å². The second-order valence-electron chi connectivity index (χ2n) is 5.67. The molecule has 24 heavy (non-hydrogen) atoms. The van der Waals surface area contributed by atoms with E-state index in [1.165, 1.54) is 0 Å². The number of aliphatic hydroxyl groups excluding tert-OH is 1. The lowest BCUT2D eigenvalue weighted by Gasteiger charge is -2.20. The first kappa shape index (κ1) is 17.9. The van der Waals surface area contributed by atoms with Crippen molar-refractivity contribution in [3.8, 4) is 11.5 Å². The number of aliphatic hydroxyl groups is 1. The molecule has 0 aliphatic rings. The first-order chi connectivity index (χ1) is 11.6. The number of hydrogen-bond acceptors (Lipinski definition) is 4. The summed E-state index contributed by atoms with van der Waals surface area (Å²) in [5.41, 5.74) is 0.498. The van der Waals surface area contributed by atoms with Gasteiger partial charge < -0.3 is 15.2 Å². The monoisotopic (exact) mass is 328 g/mol. The van der Waals surface area contributed by atoms with Crippen LogP contribution in [0.2, 0.25) is 0 Å². The first-order valence-electron chi connectivity index (χ1n) is 8.28. The van der Waals surface area contributed by atoms with Crippen LogP contribution in [0.5, 0.6) is 11.5 Å². The smallest absolute Gasteiger partial charge is 0.251 e. The van der Waals surface area contributed by atoms with Gasteiger partial charge >= 0.3 is 0 Å². The minimum atomic E-state index is -0.528. The number of aromatic nitrogens is 1. The van der Waals surface area contributed by atoms with Gasteiger partial charge in [-0.15, -0.1) is 0 Å². The summed E-state index contributed by atoms with van der Waals surface area (Å²) in [6, 6.07) is 10.5. The van der Waals surface area contributed by atoms with Crippen LogP contribution < -0.4 is 10.1 Å². The number of hydrogen-bond donors (Lipinski definition) is 2. The number of amides is 1. The molecule has 0 saturated carbocycles. The van der Waals surface area contributed by atoms with E-state index >= 15 is 0 Å². The Morgan fingerprint density at radius 3 is 2.54 bits per heavy atom. The summed E-state index contributed by atoms with van der Waals surface area (Å²) in [5.74, 6) is 1.22. The van der Waals surface area contributed by atoms with Gasteiger partial charge in [0.05, 0.1) is 6.10 Å². The van der Waals surface area contributed by atoms with Crippen LogP contribution >= 0.6 is 0 Å². The van der Waals surface area contributed by atoms with E-state index in [1.807, 2.05) is 13.8 Å². The van der Waals surface area contributed by atoms with Gasteiger partial charge in [-0.3, -0.25) is 9.78 Å². The topological polar surface area (TPSA) is 71.5 Å². The summed E-state index contributed by atoms with van der Waals surface area (Å²) >= 11 is 0. The second-order valence-corrected chi connectivity index (χ2v) is 5.67. The van der Waals surface area contributed by atoms with Crippen LogP contribution in [0.1, 0.15) is 37.0 Å². The zero-order chi connectivity index (χ0) is 17.4. The fourth-order valence-electron chi connectivity index (χ4n) is 2.54. The molecule has 1 atom stereocenters. The van der Waals surface area contributed by atoms with Gasteiger partial charge in [0.2, 0.25) is 0 Å². The molecular weight excluding hydrogens is 304 g/mol. The van der Waals surface area contributed by atoms with E-state index in [1.54, 1.807) is 48.8 Å². The molecule has 128 valence electrons. The van der Waals surface area contributed by atoms with Crippen LogP contribution in [-0.4, -0.2) is 28.6 Å². The van der Waals surface area contributed by atoms with E-state index in [0.29, 0.717) is 17.1 Å². The molecule has 0 spiro atoms. The molecule has 5 heteroatoms. The van der Waals surface area contributed by atoms with Gasteiger partial charge in [0, 0.05) is 24.5 Å². The fourth-order valence-corrected chi connectivity index (χ4v) is 2.54. The van der Waals surface area contributed by atoms with E-state index in [9.17, 15) is 9.90 Å². The third kappa shape index (κ3) is 5.06. The molecule has 1 amide bonds. The highest BCUT2D eigenvalue weighted by molar-refractivity contribution is 5.94. The molecule has 0 aliphatic carbocycles. The fraction of sp³-hybridized carbons (Fsp3) is 0.368. The van der Waals surface area contributed by atoms with E-state index in [-0.39, 0.29) is 18.4 Å². The summed E-state index contributed by atoms with van der Waals surface area (Å²) in [4.78, 5) is 16.2. The largest absolute Gasteiger partial charge is 0.457 e.